The lowest BCUT2D eigenvalue weighted by Gasteiger charge is -2.09. The molecule has 1 heterocycles. The molecule has 0 radical (unpaired) electrons. The Kier molecular flexibility index (Phi) is 5.64. The molecule has 2 aromatic carbocycles. The van der Waals surface area contributed by atoms with Crippen LogP contribution in [0.5, 0.6) is 0 Å². The average Bonchev–Trinajstić information content (AvgIpc) is 3.02. The van der Waals surface area contributed by atoms with Gasteiger partial charge in [-0.3, -0.25) is 4.79 Å². The molecule has 0 fully saturated rings. The summed E-state index contributed by atoms with van der Waals surface area (Å²) in [7, 11) is 0. The highest BCUT2D eigenvalue weighted by molar-refractivity contribution is 5.91. The normalized spacial score (nSPS) is 10.5. The first kappa shape index (κ1) is 17.7. The third kappa shape index (κ3) is 4.70. The van der Waals surface area contributed by atoms with Crippen molar-refractivity contribution < 1.29 is 4.79 Å². The molecule has 0 unspecified atom stereocenters. The number of carbonyl (C=O) groups is 1. The summed E-state index contributed by atoms with van der Waals surface area (Å²) >= 11 is 0. The van der Waals surface area contributed by atoms with Crippen molar-refractivity contribution >= 4 is 5.91 Å². The molecule has 0 aliphatic rings. The zero-order chi connectivity index (χ0) is 18.4. The highest BCUT2D eigenvalue weighted by atomic mass is 16.1. The van der Waals surface area contributed by atoms with E-state index in [9.17, 15) is 4.79 Å². The number of imidazole rings is 1. The van der Waals surface area contributed by atoms with Gasteiger partial charge in [-0.2, -0.15) is 0 Å². The lowest BCUT2D eigenvalue weighted by Crippen LogP contribution is -2.25. The van der Waals surface area contributed by atoms with E-state index in [0.29, 0.717) is 12.1 Å². The van der Waals surface area contributed by atoms with Crippen molar-refractivity contribution in [2.75, 3.05) is 0 Å². The van der Waals surface area contributed by atoms with Crippen LogP contribution in [0.25, 0.3) is 0 Å². The lowest BCUT2D eigenvalue weighted by molar-refractivity contribution is -0.117. The number of hydrogen-bond donors (Lipinski definition) is 1. The molecule has 1 aromatic heterocycles. The van der Waals surface area contributed by atoms with Crippen molar-refractivity contribution in [3.8, 4) is 0 Å². The van der Waals surface area contributed by atoms with Gasteiger partial charge in [0.2, 0.25) is 5.91 Å². The Hall–Kier alpha value is -3.14. The van der Waals surface area contributed by atoms with Crippen molar-refractivity contribution in [2.24, 2.45) is 0 Å². The van der Waals surface area contributed by atoms with Gasteiger partial charge in [-0.1, -0.05) is 67.2 Å². The van der Waals surface area contributed by atoms with E-state index in [1.165, 1.54) is 11.1 Å². The first-order valence-electron chi connectivity index (χ1n) is 8.68. The topological polar surface area (TPSA) is 46.9 Å². The molecule has 4 heteroatoms. The third-order valence-electron chi connectivity index (χ3n) is 4.13. The molecule has 1 amide bonds. The summed E-state index contributed by atoms with van der Waals surface area (Å²) in [6, 6.07) is 20.5. The molecule has 0 aliphatic carbocycles. The standard InChI is InChI=1S/C22H23N3O/c1-17(2)22(26)23-14-21-24-20(13-18-9-5-3-6-10-18)16-25(21)15-19-11-7-4-8-12-19/h3-12,16H,1,13-15H2,2H3,(H,23,26). The first-order chi connectivity index (χ1) is 12.6. The predicted molar refractivity (Wildman–Crippen MR) is 104 cm³/mol. The van der Waals surface area contributed by atoms with E-state index in [1.54, 1.807) is 6.92 Å². The Bertz CT molecular complexity index is 882. The number of rotatable bonds is 7. The molecule has 0 aliphatic heterocycles. The smallest absolute Gasteiger partial charge is 0.246 e. The summed E-state index contributed by atoms with van der Waals surface area (Å²) in [5.41, 5.74) is 3.90. The number of nitrogens with one attached hydrogen (secondary N) is 1. The number of benzene rings is 2. The van der Waals surface area contributed by atoms with Crippen LogP contribution < -0.4 is 5.32 Å². The van der Waals surface area contributed by atoms with Crippen LogP contribution in [0, 0.1) is 0 Å². The summed E-state index contributed by atoms with van der Waals surface area (Å²) in [6.45, 7) is 6.49. The van der Waals surface area contributed by atoms with Crippen LogP contribution in [0.3, 0.4) is 0 Å². The Morgan fingerprint density at radius 2 is 1.65 bits per heavy atom. The largest absolute Gasteiger partial charge is 0.345 e. The Morgan fingerprint density at radius 1 is 1.04 bits per heavy atom. The van der Waals surface area contributed by atoms with E-state index in [4.69, 9.17) is 4.98 Å². The van der Waals surface area contributed by atoms with Gasteiger partial charge in [-0.05, 0) is 18.1 Å². The minimum atomic E-state index is -0.149. The van der Waals surface area contributed by atoms with Gasteiger partial charge in [0.05, 0.1) is 12.2 Å². The van der Waals surface area contributed by atoms with E-state index in [1.807, 2.05) is 36.4 Å². The quantitative estimate of drug-likeness (QED) is 0.664. The molecule has 0 saturated heterocycles. The molecule has 0 saturated carbocycles. The fourth-order valence-corrected chi connectivity index (χ4v) is 2.77. The molecule has 132 valence electrons. The molecule has 0 spiro atoms. The molecule has 3 aromatic rings. The number of hydrogen-bond acceptors (Lipinski definition) is 2. The minimum absolute atomic E-state index is 0.149. The summed E-state index contributed by atoms with van der Waals surface area (Å²) in [5.74, 6) is 0.693. The molecular weight excluding hydrogens is 322 g/mol. The molecular formula is C22H23N3O. The Balaban J connectivity index is 1.81. The molecule has 0 atom stereocenters. The van der Waals surface area contributed by atoms with Crippen molar-refractivity contribution in [1.82, 2.24) is 14.9 Å². The van der Waals surface area contributed by atoms with Gasteiger partial charge in [-0.25, -0.2) is 4.98 Å². The van der Waals surface area contributed by atoms with Crippen molar-refractivity contribution in [1.29, 1.82) is 0 Å². The Labute approximate surface area is 154 Å². The van der Waals surface area contributed by atoms with Crippen molar-refractivity contribution in [3.05, 3.63) is 102 Å². The van der Waals surface area contributed by atoms with Gasteiger partial charge in [-0.15, -0.1) is 0 Å². The molecule has 0 bridgehead atoms. The number of aromatic nitrogens is 2. The van der Waals surface area contributed by atoms with Crippen molar-refractivity contribution in [3.63, 3.8) is 0 Å². The summed E-state index contributed by atoms with van der Waals surface area (Å²) in [5, 5.41) is 2.88. The average molecular weight is 345 g/mol. The van der Waals surface area contributed by atoms with Crippen LogP contribution in [-0.4, -0.2) is 15.5 Å². The van der Waals surface area contributed by atoms with Crippen LogP contribution in [0.2, 0.25) is 0 Å². The van der Waals surface area contributed by atoms with E-state index in [0.717, 1.165) is 24.5 Å². The van der Waals surface area contributed by atoms with Gasteiger partial charge in [0.1, 0.15) is 5.82 Å². The van der Waals surface area contributed by atoms with Crippen molar-refractivity contribution in [2.45, 2.75) is 26.4 Å². The summed E-state index contributed by atoms with van der Waals surface area (Å²) in [6.07, 6.45) is 2.84. The second kappa shape index (κ2) is 8.30. The monoisotopic (exact) mass is 345 g/mol. The number of nitrogens with zero attached hydrogens (tertiary/aromatic N) is 2. The number of amides is 1. The maximum atomic E-state index is 11.8. The first-order valence-corrected chi connectivity index (χ1v) is 8.68. The fourth-order valence-electron chi connectivity index (χ4n) is 2.77. The zero-order valence-electron chi connectivity index (χ0n) is 15.0. The minimum Gasteiger partial charge on any atom is -0.345 e. The molecule has 4 nitrogen and oxygen atoms in total. The highest BCUT2D eigenvalue weighted by Crippen LogP contribution is 2.13. The van der Waals surface area contributed by atoms with E-state index in [-0.39, 0.29) is 5.91 Å². The van der Waals surface area contributed by atoms with Crippen LogP contribution in [0.4, 0.5) is 0 Å². The lowest BCUT2D eigenvalue weighted by atomic mass is 10.1. The maximum Gasteiger partial charge on any atom is 0.246 e. The van der Waals surface area contributed by atoms with Crippen LogP contribution in [0.1, 0.15) is 29.6 Å². The number of carbonyl (C=O) groups excluding carboxylic acids is 1. The van der Waals surface area contributed by atoms with Crippen LogP contribution in [0.15, 0.2) is 79.0 Å². The highest BCUT2D eigenvalue weighted by Gasteiger charge is 2.11. The predicted octanol–water partition coefficient (Wildman–Crippen LogP) is 3.71. The molecule has 3 rings (SSSR count). The zero-order valence-corrected chi connectivity index (χ0v) is 15.0. The molecule has 26 heavy (non-hydrogen) atoms. The second-order valence-corrected chi connectivity index (χ2v) is 6.39. The second-order valence-electron chi connectivity index (χ2n) is 6.39. The molecule has 1 N–H and O–H groups in total. The van der Waals surface area contributed by atoms with Crippen LogP contribution >= 0.6 is 0 Å². The third-order valence-corrected chi connectivity index (χ3v) is 4.13. The van der Waals surface area contributed by atoms with Gasteiger partial charge in [0.15, 0.2) is 0 Å². The fraction of sp³-hybridized carbons (Fsp3) is 0.182. The van der Waals surface area contributed by atoms with E-state index < -0.39 is 0 Å². The van der Waals surface area contributed by atoms with Gasteiger partial charge in [0.25, 0.3) is 0 Å². The van der Waals surface area contributed by atoms with Gasteiger partial charge < -0.3 is 9.88 Å². The van der Waals surface area contributed by atoms with Gasteiger partial charge >= 0.3 is 0 Å². The van der Waals surface area contributed by atoms with Gasteiger partial charge in [0, 0.05) is 24.7 Å². The summed E-state index contributed by atoms with van der Waals surface area (Å²) in [4.78, 5) is 16.6. The Morgan fingerprint density at radius 3 is 2.27 bits per heavy atom. The van der Waals surface area contributed by atoms with E-state index >= 15 is 0 Å². The summed E-state index contributed by atoms with van der Waals surface area (Å²) < 4.78 is 2.10. The van der Waals surface area contributed by atoms with Crippen LogP contribution in [-0.2, 0) is 24.3 Å². The SMILES string of the molecule is C=C(C)C(=O)NCc1nc(Cc2ccccc2)cn1Cc1ccccc1. The maximum absolute atomic E-state index is 11.8. The van der Waals surface area contributed by atoms with E-state index in [2.05, 4.69) is 46.9 Å².